The Morgan fingerprint density at radius 2 is 1.92 bits per heavy atom. The highest BCUT2D eigenvalue weighted by molar-refractivity contribution is 6.03. The summed E-state index contributed by atoms with van der Waals surface area (Å²) in [5.41, 5.74) is 0.158. The van der Waals surface area contributed by atoms with Gasteiger partial charge in [0.05, 0.1) is 5.69 Å². The summed E-state index contributed by atoms with van der Waals surface area (Å²) in [6, 6.07) is 7.43. The van der Waals surface area contributed by atoms with Crippen molar-refractivity contribution < 1.29 is 28.3 Å². The molecule has 1 aromatic carbocycles. The Morgan fingerprint density at radius 1 is 1.21 bits per heavy atom. The third-order valence-corrected chi connectivity index (χ3v) is 3.69. The number of rotatable bonds is 4. The van der Waals surface area contributed by atoms with Gasteiger partial charge in [-0.15, -0.1) is 0 Å². The number of nitrogens with zero attached hydrogens (tertiary/aromatic N) is 1. The standard InChI is InChI=1S/C16H13FN2O5/c17-9-3-1-2-4-11(9)19-8-7-10(15(19)21)18-14(20)12-5-6-13(24-12)16(22)23/h1-6,10H,7-8H2,(H,18,20)(H,22,23). The summed E-state index contributed by atoms with van der Waals surface area (Å²) in [6.07, 6.45) is 0.311. The van der Waals surface area contributed by atoms with Crippen LogP contribution in [0.5, 0.6) is 0 Å². The van der Waals surface area contributed by atoms with Gasteiger partial charge in [-0.25, -0.2) is 9.18 Å². The minimum absolute atomic E-state index is 0.158. The van der Waals surface area contributed by atoms with Crippen LogP contribution >= 0.6 is 0 Å². The van der Waals surface area contributed by atoms with Crippen LogP contribution in [-0.4, -0.2) is 35.5 Å². The molecule has 0 bridgehead atoms. The van der Waals surface area contributed by atoms with Crippen LogP contribution in [0.1, 0.15) is 27.5 Å². The molecule has 1 unspecified atom stereocenters. The number of hydrogen-bond acceptors (Lipinski definition) is 4. The third kappa shape index (κ3) is 2.85. The summed E-state index contributed by atoms with van der Waals surface area (Å²) < 4.78 is 18.7. The second kappa shape index (κ2) is 6.15. The molecule has 124 valence electrons. The highest BCUT2D eigenvalue weighted by Gasteiger charge is 2.35. The lowest BCUT2D eigenvalue weighted by molar-refractivity contribution is -0.118. The fraction of sp³-hybridized carbons (Fsp3) is 0.188. The molecule has 8 heteroatoms. The van der Waals surface area contributed by atoms with Crippen LogP contribution in [0.4, 0.5) is 10.1 Å². The van der Waals surface area contributed by atoms with Gasteiger partial charge in [-0.1, -0.05) is 12.1 Å². The van der Waals surface area contributed by atoms with E-state index < -0.39 is 29.6 Å². The summed E-state index contributed by atoms with van der Waals surface area (Å²) >= 11 is 0. The molecule has 0 spiro atoms. The first-order chi connectivity index (χ1) is 11.5. The number of para-hydroxylation sites is 1. The van der Waals surface area contributed by atoms with Crippen molar-refractivity contribution in [2.45, 2.75) is 12.5 Å². The molecule has 1 aliphatic rings. The maximum absolute atomic E-state index is 13.8. The van der Waals surface area contributed by atoms with E-state index in [1.807, 2.05) is 0 Å². The van der Waals surface area contributed by atoms with Crippen molar-refractivity contribution in [2.24, 2.45) is 0 Å². The molecule has 24 heavy (non-hydrogen) atoms. The smallest absolute Gasteiger partial charge is 0.371 e. The highest BCUT2D eigenvalue weighted by atomic mass is 19.1. The zero-order chi connectivity index (χ0) is 17.3. The van der Waals surface area contributed by atoms with E-state index in [1.54, 1.807) is 6.07 Å². The van der Waals surface area contributed by atoms with Crippen LogP contribution in [0, 0.1) is 5.82 Å². The van der Waals surface area contributed by atoms with E-state index >= 15 is 0 Å². The SMILES string of the molecule is O=C(O)c1ccc(C(=O)NC2CCN(c3ccccc3F)C2=O)o1. The molecular formula is C16H13FN2O5. The predicted octanol–water partition coefficient (Wildman–Crippen LogP) is 1.65. The number of nitrogens with one attached hydrogen (secondary N) is 1. The molecule has 2 N–H and O–H groups in total. The van der Waals surface area contributed by atoms with E-state index in [0.717, 1.165) is 6.07 Å². The first-order valence-corrected chi connectivity index (χ1v) is 7.17. The average Bonchev–Trinajstić information content (AvgIpc) is 3.17. The zero-order valence-corrected chi connectivity index (χ0v) is 12.4. The van der Waals surface area contributed by atoms with E-state index in [9.17, 15) is 18.8 Å². The minimum Gasteiger partial charge on any atom is -0.475 e. The number of hydrogen-bond donors (Lipinski definition) is 2. The van der Waals surface area contributed by atoms with Crippen LogP contribution in [0.15, 0.2) is 40.8 Å². The second-order valence-corrected chi connectivity index (χ2v) is 5.23. The number of carbonyl (C=O) groups is 3. The van der Waals surface area contributed by atoms with Crippen molar-refractivity contribution in [3.8, 4) is 0 Å². The molecule has 0 aliphatic carbocycles. The molecule has 7 nitrogen and oxygen atoms in total. The average molecular weight is 332 g/mol. The summed E-state index contributed by atoms with van der Waals surface area (Å²) in [5.74, 6) is -3.52. The van der Waals surface area contributed by atoms with Crippen molar-refractivity contribution >= 4 is 23.5 Å². The van der Waals surface area contributed by atoms with Crippen molar-refractivity contribution in [2.75, 3.05) is 11.4 Å². The minimum atomic E-state index is -1.29. The number of furan rings is 1. The number of halogens is 1. The summed E-state index contributed by atoms with van der Waals surface area (Å²) in [5, 5.41) is 11.2. The van der Waals surface area contributed by atoms with Gasteiger partial charge in [0.15, 0.2) is 5.76 Å². The monoisotopic (exact) mass is 332 g/mol. The Balaban J connectivity index is 1.70. The number of carbonyl (C=O) groups excluding carboxylic acids is 2. The molecule has 1 atom stereocenters. The summed E-state index contributed by atoms with van der Waals surface area (Å²) in [6.45, 7) is 0.267. The van der Waals surface area contributed by atoms with Crippen molar-refractivity contribution in [3.63, 3.8) is 0 Å². The third-order valence-electron chi connectivity index (χ3n) is 3.69. The van der Waals surface area contributed by atoms with Gasteiger partial charge in [-0.2, -0.15) is 0 Å². The van der Waals surface area contributed by atoms with Gasteiger partial charge in [-0.3, -0.25) is 9.59 Å². The Hall–Kier alpha value is -3.16. The van der Waals surface area contributed by atoms with E-state index in [-0.39, 0.29) is 23.8 Å². The van der Waals surface area contributed by atoms with Gasteiger partial charge in [0.2, 0.25) is 11.7 Å². The lowest BCUT2D eigenvalue weighted by Crippen LogP contribution is -2.41. The molecule has 0 saturated carbocycles. The van der Waals surface area contributed by atoms with Gasteiger partial charge in [0.25, 0.3) is 5.91 Å². The van der Waals surface area contributed by atoms with Crippen LogP contribution in [0.2, 0.25) is 0 Å². The second-order valence-electron chi connectivity index (χ2n) is 5.23. The van der Waals surface area contributed by atoms with Crippen LogP contribution in [0.25, 0.3) is 0 Å². The Labute approximate surface area is 135 Å². The summed E-state index contributed by atoms with van der Waals surface area (Å²) in [4.78, 5) is 36.4. The number of benzene rings is 1. The lowest BCUT2D eigenvalue weighted by Gasteiger charge is -2.17. The Bertz CT molecular complexity index is 816. The fourth-order valence-electron chi connectivity index (χ4n) is 2.53. The molecule has 1 aliphatic heterocycles. The lowest BCUT2D eigenvalue weighted by atomic mass is 10.2. The Morgan fingerprint density at radius 3 is 2.58 bits per heavy atom. The zero-order valence-electron chi connectivity index (χ0n) is 12.4. The van der Waals surface area contributed by atoms with E-state index in [4.69, 9.17) is 9.52 Å². The van der Waals surface area contributed by atoms with Crippen LogP contribution in [-0.2, 0) is 4.79 Å². The maximum Gasteiger partial charge on any atom is 0.371 e. The molecule has 3 rings (SSSR count). The van der Waals surface area contributed by atoms with Crippen LogP contribution < -0.4 is 10.2 Å². The van der Waals surface area contributed by atoms with Crippen molar-refractivity contribution in [3.05, 3.63) is 53.7 Å². The number of amides is 2. The number of carboxylic acid groups (broad SMARTS) is 1. The number of anilines is 1. The largest absolute Gasteiger partial charge is 0.475 e. The predicted molar refractivity (Wildman–Crippen MR) is 80.3 cm³/mol. The first-order valence-electron chi connectivity index (χ1n) is 7.17. The van der Waals surface area contributed by atoms with Gasteiger partial charge >= 0.3 is 5.97 Å². The molecule has 0 radical (unpaired) electrons. The molecule has 1 saturated heterocycles. The van der Waals surface area contributed by atoms with Gasteiger partial charge in [-0.05, 0) is 30.7 Å². The topological polar surface area (TPSA) is 99.8 Å². The summed E-state index contributed by atoms with van der Waals surface area (Å²) in [7, 11) is 0. The molecule has 1 fully saturated rings. The Kier molecular flexibility index (Phi) is 4.03. The molecule has 2 heterocycles. The molecule has 2 aromatic rings. The van der Waals surface area contributed by atoms with Crippen LogP contribution in [0.3, 0.4) is 0 Å². The van der Waals surface area contributed by atoms with E-state index in [2.05, 4.69) is 5.32 Å². The number of carboxylic acids is 1. The van der Waals surface area contributed by atoms with Crippen molar-refractivity contribution in [1.82, 2.24) is 5.32 Å². The van der Waals surface area contributed by atoms with Gasteiger partial charge in [0.1, 0.15) is 11.9 Å². The highest BCUT2D eigenvalue weighted by Crippen LogP contribution is 2.24. The van der Waals surface area contributed by atoms with E-state index in [0.29, 0.717) is 6.42 Å². The maximum atomic E-state index is 13.8. The normalized spacial score (nSPS) is 17.1. The van der Waals surface area contributed by atoms with Crippen molar-refractivity contribution in [1.29, 1.82) is 0 Å². The molecule has 1 aromatic heterocycles. The fourth-order valence-corrected chi connectivity index (χ4v) is 2.53. The van der Waals surface area contributed by atoms with Gasteiger partial charge in [0, 0.05) is 6.54 Å². The van der Waals surface area contributed by atoms with E-state index in [1.165, 1.54) is 29.2 Å². The quantitative estimate of drug-likeness (QED) is 0.887. The first kappa shape index (κ1) is 15.7. The van der Waals surface area contributed by atoms with Gasteiger partial charge < -0.3 is 19.7 Å². The molecular weight excluding hydrogens is 319 g/mol. The molecule has 2 amide bonds. The number of aromatic carboxylic acids is 1.